The summed E-state index contributed by atoms with van der Waals surface area (Å²) >= 11 is 0. The largest absolute Gasteiger partial charge is 0.493 e. The molecule has 44 heavy (non-hydrogen) atoms. The van der Waals surface area contributed by atoms with Crippen molar-refractivity contribution in [3.05, 3.63) is 76.9 Å². The van der Waals surface area contributed by atoms with Crippen LogP contribution in [-0.2, 0) is 34.2 Å². The molecular weight excluding hydrogens is 579 g/mol. The molecule has 2 aromatic carbocycles. The van der Waals surface area contributed by atoms with Crippen LogP contribution in [0.25, 0.3) is 11.1 Å². The summed E-state index contributed by atoms with van der Waals surface area (Å²) in [5, 5.41) is 18.3. The number of aliphatic hydroxyl groups is 1. The summed E-state index contributed by atoms with van der Waals surface area (Å²) in [5.41, 5.74) is 5.45. The standard InChI is InChI=1S/C31H37FN2O4S.C4H10O/c1-21-26(19-28(35)36)30(34-16-14-31(2,3)15-17-34)29(27(33-21)20-39(4)37)23-7-11-25(12-8-23)38-18-13-22-5-9-24(32)10-6-22;1-4(2,3)5/h5-12H,13-20H2,1-4H3,(H,35,36);5H,1-3H3. The van der Waals surface area contributed by atoms with Crippen molar-refractivity contribution in [2.24, 2.45) is 5.41 Å². The van der Waals surface area contributed by atoms with Crippen LogP contribution in [0.1, 0.15) is 70.0 Å². The maximum Gasteiger partial charge on any atom is 0.307 e. The Balaban J connectivity index is 0.000000978. The van der Waals surface area contributed by atoms with E-state index in [0.29, 0.717) is 35.7 Å². The van der Waals surface area contributed by atoms with Gasteiger partial charge in [0.05, 0.1) is 35.8 Å². The number of anilines is 1. The van der Waals surface area contributed by atoms with Crippen molar-refractivity contribution in [1.82, 2.24) is 4.98 Å². The molecule has 0 radical (unpaired) electrons. The Bertz CT molecular complexity index is 1420. The van der Waals surface area contributed by atoms with E-state index in [9.17, 15) is 18.5 Å². The third kappa shape index (κ3) is 11.0. The van der Waals surface area contributed by atoms with Gasteiger partial charge >= 0.3 is 5.97 Å². The van der Waals surface area contributed by atoms with Gasteiger partial charge < -0.3 is 19.8 Å². The number of nitrogens with zero attached hydrogens (tertiary/aromatic N) is 2. The maximum atomic E-state index is 13.2. The van der Waals surface area contributed by atoms with E-state index in [2.05, 4.69) is 18.7 Å². The first-order chi connectivity index (χ1) is 20.5. The van der Waals surface area contributed by atoms with Gasteiger partial charge in [-0.25, -0.2) is 4.39 Å². The number of benzene rings is 2. The number of pyridine rings is 1. The van der Waals surface area contributed by atoms with E-state index in [1.54, 1.807) is 39.2 Å². The second-order valence-corrected chi connectivity index (χ2v) is 14.6. The number of aryl methyl sites for hydroxylation is 1. The summed E-state index contributed by atoms with van der Waals surface area (Å²) in [4.78, 5) is 19.0. The lowest BCUT2D eigenvalue weighted by Crippen LogP contribution is -2.38. The summed E-state index contributed by atoms with van der Waals surface area (Å²) in [6, 6.07) is 14.1. The van der Waals surface area contributed by atoms with Crippen LogP contribution < -0.4 is 9.64 Å². The number of rotatable bonds is 10. The first-order valence-corrected chi connectivity index (χ1v) is 16.7. The zero-order chi connectivity index (χ0) is 32.7. The molecule has 0 aliphatic carbocycles. The molecule has 0 saturated carbocycles. The van der Waals surface area contributed by atoms with Crippen LogP contribution in [0.2, 0.25) is 0 Å². The van der Waals surface area contributed by atoms with Gasteiger partial charge in [-0.3, -0.25) is 14.0 Å². The Morgan fingerprint density at radius 2 is 1.64 bits per heavy atom. The monoisotopic (exact) mass is 626 g/mol. The van der Waals surface area contributed by atoms with E-state index in [1.165, 1.54) is 12.1 Å². The zero-order valence-corrected chi connectivity index (χ0v) is 27.9. The maximum absolute atomic E-state index is 13.2. The fourth-order valence-electron chi connectivity index (χ4n) is 5.09. The van der Waals surface area contributed by atoms with Crippen molar-refractivity contribution in [3.63, 3.8) is 0 Å². The van der Waals surface area contributed by atoms with E-state index < -0.39 is 22.4 Å². The molecule has 9 heteroatoms. The number of carboxylic acid groups (broad SMARTS) is 1. The smallest absolute Gasteiger partial charge is 0.307 e. The lowest BCUT2D eigenvalue weighted by Gasteiger charge is -2.40. The van der Waals surface area contributed by atoms with Gasteiger partial charge in [0.25, 0.3) is 0 Å². The van der Waals surface area contributed by atoms with E-state index in [1.807, 2.05) is 31.2 Å². The molecule has 1 atom stereocenters. The number of piperidine rings is 1. The summed E-state index contributed by atoms with van der Waals surface area (Å²) in [6.45, 7) is 13.7. The highest BCUT2D eigenvalue weighted by molar-refractivity contribution is 7.83. The molecule has 3 aromatic rings. The molecule has 1 saturated heterocycles. The molecule has 1 aliphatic heterocycles. The van der Waals surface area contributed by atoms with E-state index in [0.717, 1.165) is 48.3 Å². The highest BCUT2D eigenvalue weighted by atomic mass is 32.2. The highest BCUT2D eigenvalue weighted by Gasteiger charge is 2.31. The summed E-state index contributed by atoms with van der Waals surface area (Å²) in [5.74, 6) is -0.174. The molecule has 2 heterocycles. The number of carbonyl (C=O) groups is 1. The second kappa shape index (κ2) is 15.1. The number of ether oxygens (including phenoxy) is 1. The molecule has 1 aromatic heterocycles. The van der Waals surface area contributed by atoms with E-state index in [4.69, 9.17) is 14.8 Å². The fourth-order valence-corrected chi connectivity index (χ4v) is 5.68. The Morgan fingerprint density at radius 3 is 2.16 bits per heavy atom. The number of aromatic nitrogens is 1. The minimum Gasteiger partial charge on any atom is -0.493 e. The molecule has 1 fully saturated rings. The molecule has 1 aliphatic rings. The Kier molecular flexibility index (Phi) is 12.1. The highest BCUT2D eigenvalue weighted by Crippen LogP contribution is 2.42. The van der Waals surface area contributed by atoms with Gasteiger partial charge in [-0.1, -0.05) is 38.1 Å². The fraction of sp³-hybridized carbons (Fsp3) is 0.486. The molecule has 0 amide bonds. The van der Waals surface area contributed by atoms with Crippen molar-refractivity contribution in [2.45, 2.75) is 78.6 Å². The van der Waals surface area contributed by atoms with Crippen LogP contribution in [0.5, 0.6) is 5.75 Å². The van der Waals surface area contributed by atoms with Gasteiger partial charge in [-0.2, -0.15) is 0 Å². The lowest BCUT2D eigenvalue weighted by atomic mass is 9.82. The van der Waals surface area contributed by atoms with Crippen LogP contribution in [0.4, 0.5) is 10.1 Å². The molecule has 7 nitrogen and oxygen atoms in total. The molecule has 0 bridgehead atoms. The number of hydrogen-bond donors (Lipinski definition) is 2. The zero-order valence-electron chi connectivity index (χ0n) is 27.1. The predicted molar refractivity (Wildman–Crippen MR) is 176 cm³/mol. The number of carboxylic acids is 1. The van der Waals surface area contributed by atoms with E-state index in [-0.39, 0.29) is 23.4 Å². The van der Waals surface area contributed by atoms with Gasteiger partial charge in [0.1, 0.15) is 11.6 Å². The molecule has 240 valence electrons. The number of aliphatic carboxylic acids is 1. The van der Waals surface area contributed by atoms with Gasteiger partial charge in [0, 0.05) is 53.4 Å². The minimum atomic E-state index is -1.13. The molecule has 4 rings (SSSR count). The van der Waals surface area contributed by atoms with Crippen LogP contribution in [-0.4, -0.2) is 56.9 Å². The van der Waals surface area contributed by atoms with Crippen molar-refractivity contribution in [1.29, 1.82) is 0 Å². The first kappa shape index (κ1) is 35.2. The minimum absolute atomic E-state index is 0.124. The molecular formula is C35H47FN2O5S. The van der Waals surface area contributed by atoms with Crippen LogP contribution in [0.3, 0.4) is 0 Å². The average molecular weight is 627 g/mol. The van der Waals surface area contributed by atoms with Crippen LogP contribution in [0.15, 0.2) is 48.5 Å². The van der Waals surface area contributed by atoms with Gasteiger partial charge in [-0.05, 0) is 81.3 Å². The summed E-state index contributed by atoms with van der Waals surface area (Å²) in [7, 11) is -1.13. The van der Waals surface area contributed by atoms with Crippen molar-refractivity contribution < 1.29 is 28.3 Å². The number of halogens is 1. The normalized spacial score (nSPS) is 15.2. The van der Waals surface area contributed by atoms with Gasteiger partial charge in [0.15, 0.2) is 0 Å². The van der Waals surface area contributed by atoms with Crippen molar-refractivity contribution in [3.8, 4) is 16.9 Å². The van der Waals surface area contributed by atoms with Gasteiger partial charge in [0.2, 0.25) is 0 Å². The quantitative estimate of drug-likeness (QED) is 0.258. The third-order valence-electron chi connectivity index (χ3n) is 7.37. The SMILES string of the molecule is CC(C)(C)O.Cc1nc(CS(C)=O)c(-c2ccc(OCCc3ccc(F)cc3)cc2)c(N2CCC(C)(C)CC2)c1CC(=O)O. The van der Waals surface area contributed by atoms with Gasteiger partial charge in [-0.15, -0.1) is 0 Å². The lowest BCUT2D eigenvalue weighted by molar-refractivity contribution is -0.136. The van der Waals surface area contributed by atoms with Crippen LogP contribution in [0, 0.1) is 18.2 Å². The van der Waals surface area contributed by atoms with Crippen molar-refractivity contribution in [2.75, 3.05) is 30.9 Å². The van der Waals surface area contributed by atoms with Crippen molar-refractivity contribution >= 4 is 22.5 Å². The topological polar surface area (TPSA) is 100.0 Å². The second-order valence-electron chi connectivity index (χ2n) is 13.2. The van der Waals surface area contributed by atoms with Crippen LogP contribution >= 0.6 is 0 Å². The summed E-state index contributed by atoms with van der Waals surface area (Å²) < 4.78 is 31.5. The average Bonchev–Trinajstić information content (AvgIpc) is 2.90. The first-order valence-electron chi connectivity index (χ1n) is 15.0. The predicted octanol–water partition coefficient (Wildman–Crippen LogP) is 6.73. The third-order valence-corrected chi connectivity index (χ3v) is 8.05. The Labute approximate surface area is 263 Å². The molecule has 0 spiro atoms. The molecule has 1 unspecified atom stereocenters. The Morgan fingerprint density at radius 1 is 1.07 bits per heavy atom. The summed E-state index contributed by atoms with van der Waals surface area (Å²) in [6.07, 6.45) is 4.19. The Hall–Kier alpha value is -3.30. The van der Waals surface area contributed by atoms with E-state index >= 15 is 0 Å². The molecule has 2 N–H and O–H groups in total. The number of hydrogen-bond acceptors (Lipinski definition) is 6.